The topological polar surface area (TPSA) is 67.3 Å². The van der Waals surface area contributed by atoms with Crippen LogP contribution in [0.15, 0.2) is 30.5 Å². The molecule has 1 aliphatic carbocycles. The van der Waals surface area contributed by atoms with E-state index in [1.165, 1.54) is 0 Å². The molecule has 1 aromatic carbocycles. The second-order valence-electron chi connectivity index (χ2n) is 7.43. The van der Waals surface area contributed by atoms with Crippen LogP contribution in [0.2, 0.25) is 0 Å². The van der Waals surface area contributed by atoms with Crippen LogP contribution in [0, 0.1) is 26.7 Å². The second kappa shape index (κ2) is 7.12. The number of hydrogen-bond donors (Lipinski definition) is 1. The number of aliphatic hydroxyl groups excluding tert-OH is 1. The van der Waals surface area contributed by atoms with Gasteiger partial charge in [-0.05, 0) is 50.5 Å². The molecule has 1 fully saturated rings. The number of hydrogen-bond acceptors (Lipinski definition) is 4. The monoisotopic (exact) mass is 351 g/mol. The molecule has 136 valence electrons. The van der Waals surface area contributed by atoms with Crippen molar-refractivity contribution in [1.29, 1.82) is 0 Å². The minimum Gasteiger partial charge on any atom is -0.389 e. The molecule has 0 spiro atoms. The van der Waals surface area contributed by atoms with Crippen molar-refractivity contribution in [1.82, 2.24) is 4.98 Å². The van der Waals surface area contributed by atoms with Gasteiger partial charge in [-0.25, -0.2) is 0 Å². The van der Waals surface area contributed by atoms with E-state index >= 15 is 0 Å². The zero-order valence-electron chi connectivity index (χ0n) is 15.7. The van der Waals surface area contributed by atoms with Gasteiger partial charge in [0, 0.05) is 36.2 Å². The van der Waals surface area contributed by atoms with Gasteiger partial charge in [-0.15, -0.1) is 0 Å². The SMILES string of the molecule is Cc1cc(C)c(C2C(=O)CC(Cc3ncccc3C(C)O)C2=O)c(C)c1. The summed E-state index contributed by atoms with van der Waals surface area (Å²) in [5.41, 5.74) is 5.42. The third-order valence-corrected chi connectivity index (χ3v) is 5.30. The van der Waals surface area contributed by atoms with E-state index in [1.807, 2.05) is 39.0 Å². The summed E-state index contributed by atoms with van der Waals surface area (Å²) in [5.74, 6) is -1.07. The molecule has 3 unspecified atom stereocenters. The minimum atomic E-state index is -0.667. The van der Waals surface area contributed by atoms with E-state index in [0.717, 1.165) is 27.8 Å². The molecule has 0 saturated heterocycles. The summed E-state index contributed by atoms with van der Waals surface area (Å²) in [5, 5.41) is 9.93. The normalized spacial score (nSPS) is 21.3. The van der Waals surface area contributed by atoms with Gasteiger partial charge in [0.25, 0.3) is 0 Å². The van der Waals surface area contributed by atoms with Gasteiger partial charge in [-0.1, -0.05) is 23.8 Å². The van der Waals surface area contributed by atoms with Crippen molar-refractivity contribution in [3.05, 3.63) is 64.0 Å². The van der Waals surface area contributed by atoms with Gasteiger partial charge >= 0.3 is 0 Å². The lowest BCUT2D eigenvalue weighted by atomic mass is 9.86. The Hall–Kier alpha value is -2.33. The number of carbonyl (C=O) groups excluding carboxylic acids is 2. The molecule has 0 amide bonds. The highest BCUT2D eigenvalue weighted by Crippen LogP contribution is 2.37. The predicted octanol–water partition coefficient (Wildman–Crippen LogP) is 3.54. The summed E-state index contributed by atoms with van der Waals surface area (Å²) in [6.07, 6.45) is 1.65. The third kappa shape index (κ3) is 3.34. The summed E-state index contributed by atoms with van der Waals surface area (Å²) in [7, 11) is 0. The Morgan fingerprint density at radius 3 is 2.46 bits per heavy atom. The lowest BCUT2D eigenvalue weighted by molar-refractivity contribution is -0.124. The van der Waals surface area contributed by atoms with E-state index in [1.54, 1.807) is 19.2 Å². The van der Waals surface area contributed by atoms with Crippen molar-refractivity contribution in [2.45, 2.75) is 52.6 Å². The number of aryl methyl sites for hydroxylation is 3. The summed E-state index contributed by atoms with van der Waals surface area (Å²) >= 11 is 0. The molecular weight excluding hydrogens is 326 g/mol. The van der Waals surface area contributed by atoms with Crippen LogP contribution in [-0.4, -0.2) is 21.7 Å². The lowest BCUT2D eigenvalue weighted by Gasteiger charge is -2.17. The number of ketones is 2. The molecule has 1 aromatic heterocycles. The maximum atomic E-state index is 13.1. The number of benzene rings is 1. The van der Waals surface area contributed by atoms with E-state index in [0.29, 0.717) is 12.1 Å². The average molecular weight is 351 g/mol. The highest BCUT2D eigenvalue weighted by Gasteiger charge is 2.43. The summed E-state index contributed by atoms with van der Waals surface area (Å²) < 4.78 is 0. The Morgan fingerprint density at radius 1 is 1.19 bits per heavy atom. The Kier molecular flexibility index (Phi) is 5.05. The van der Waals surface area contributed by atoms with E-state index < -0.39 is 12.0 Å². The molecule has 1 aliphatic rings. The van der Waals surface area contributed by atoms with Crippen molar-refractivity contribution in [2.75, 3.05) is 0 Å². The summed E-state index contributed by atoms with van der Waals surface area (Å²) in [4.78, 5) is 30.1. The standard InChI is InChI=1S/C22H25NO3/c1-12-8-13(2)20(14(3)9-12)21-19(25)11-16(22(21)26)10-18-17(15(4)24)6-5-7-23-18/h5-9,15-16,21,24H,10-11H2,1-4H3. The number of aliphatic hydroxyl groups is 1. The van der Waals surface area contributed by atoms with Crippen molar-refractivity contribution >= 4 is 11.6 Å². The number of nitrogens with zero attached hydrogens (tertiary/aromatic N) is 1. The van der Waals surface area contributed by atoms with E-state index in [4.69, 9.17) is 0 Å². The molecule has 2 aromatic rings. The van der Waals surface area contributed by atoms with Crippen LogP contribution in [0.5, 0.6) is 0 Å². The van der Waals surface area contributed by atoms with Crippen molar-refractivity contribution in [3.63, 3.8) is 0 Å². The van der Waals surface area contributed by atoms with E-state index in [-0.39, 0.29) is 23.9 Å². The number of carbonyl (C=O) groups is 2. The number of rotatable bonds is 4. The molecular formula is C22H25NO3. The van der Waals surface area contributed by atoms with Gasteiger partial charge in [0.2, 0.25) is 0 Å². The van der Waals surface area contributed by atoms with Gasteiger partial charge in [-0.3, -0.25) is 14.6 Å². The molecule has 1 heterocycles. The first-order valence-corrected chi connectivity index (χ1v) is 9.05. The molecule has 0 aliphatic heterocycles. The van der Waals surface area contributed by atoms with Gasteiger partial charge in [0.05, 0.1) is 6.10 Å². The third-order valence-electron chi connectivity index (χ3n) is 5.30. The quantitative estimate of drug-likeness (QED) is 0.856. The van der Waals surface area contributed by atoms with Crippen LogP contribution in [0.1, 0.15) is 58.9 Å². The fourth-order valence-corrected chi connectivity index (χ4v) is 4.21. The van der Waals surface area contributed by atoms with Crippen molar-refractivity contribution in [2.24, 2.45) is 5.92 Å². The van der Waals surface area contributed by atoms with Crippen LogP contribution in [-0.2, 0) is 16.0 Å². The first kappa shape index (κ1) is 18.5. The summed E-state index contributed by atoms with van der Waals surface area (Å²) in [6.45, 7) is 7.63. The first-order chi connectivity index (χ1) is 12.3. The van der Waals surface area contributed by atoms with Crippen molar-refractivity contribution in [3.8, 4) is 0 Å². The Labute approximate surface area is 154 Å². The maximum absolute atomic E-state index is 13.1. The van der Waals surface area contributed by atoms with E-state index in [2.05, 4.69) is 4.98 Å². The molecule has 4 heteroatoms. The van der Waals surface area contributed by atoms with E-state index in [9.17, 15) is 14.7 Å². The first-order valence-electron chi connectivity index (χ1n) is 9.05. The molecule has 1 N–H and O–H groups in total. The lowest BCUT2D eigenvalue weighted by Crippen LogP contribution is -2.19. The fraction of sp³-hybridized carbons (Fsp3) is 0.409. The Morgan fingerprint density at radius 2 is 1.85 bits per heavy atom. The smallest absolute Gasteiger partial charge is 0.151 e. The molecule has 4 nitrogen and oxygen atoms in total. The zero-order valence-corrected chi connectivity index (χ0v) is 15.7. The Balaban J connectivity index is 1.91. The fourth-order valence-electron chi connectivity index (χ4n) is 4.21. The number of aromatic nitrogens is 1. The van der Waals surface area contributed by atoms with Crippen LogP contribution in [0.4, 0.5) is 0 Å². The number of pyridine rings is 1. The highest BCUT2D eigenvalue weighted by molar-refractivity contribution is 6.15. The Bertz CT molecular complexity index is 846. The number of Topliss-reactive ketones (excluding diaryl/α,β-unsaturated/α-hetero) is 2. The second-order valence-corrected chi connectivity index (χ2v) is 7.43. The maximum Gasteiger partial charge on any atom is 0.151 e. The summed E-state index contributed by atoms with van der Waals surface area (Å²) in [6, 6.07) is 7.65. The van der Waals surface area contributed by atoms with Crippen LogP contribution >= 0.6 is 0 Å². The zero-order chi connectivity index (χ0) is 19.0. The van der Waals surface area contributed by atoms with Gasteiger partial charge in [-0.2, -0.15) is 0 Å². The largest absolute Gasteiger partial charge is 0.389 e. The van der Waals surface area contributed by atoms with Gasteiger partial charge < -0.3 is 5.11 Å². The molecule has 0 bridgehead atoms. The van der Waals surface area contributed by atoms with Crippen molar-refractivity contribution < 1.29 is 14.7 Å². The average Bonchev–Trinajstić information content (AvgIpc) is 2.82. The van der Waals surface area contributed by atoms with Gasteiger partial charge in [0.15, 0.2) is 5.78 Å². The van der Waals surface area contributed by atoms with Crippen LogP contribution < -0.4 is 0 Å². The molecule has 3 rings (SSSR count). The molecule has 0 radical (unpaired) electrons. The predicted molar refractivity (Wildman–Crippen MR) is 100 cm³/mol. The van der Waals surface area contributed by atoms with Gasteiger partial charge in [0.1, 0.15) is 11.7 Å². The van der Waals surface area contributed by atoms with Crippen LogP contribution in [0.3, 0.4) is 0 Å². The molecule has 1 saturated carbocycles. The minimum absolute atomic E-state index is 0.00965. The molecule has 3 atom stereocenters. The van der Waals surface area contributed by atoms with Crippen LogP contribution in [0.25, 0.3) is 0 Å². The highest BCUT2D eigenvalue weighted by atomic mass is 16.3. The molecule has 26 heavy (non-hydrogen) atoms.